The van der Waals surface area contributed by atoms with E-state index in [1.807, 2.05) is 12.1 Å². The zero-order valence-electron chi connectivity index (χ0n) is 15.7. The van der Waals surface area contributed by atoms with Gasteiger partial charge >= 0.3 is 0 Å². The van der Waals surface area contributed by atoms with E-state index in [1.165, 1.54) is 34.1 Å². The van der Waals surface area contributed by atoms with Crippen molar-refractivity contribution in [2.45, 2.75) is 45.9 Å². The van der Waals surface area contributed by atoms with Gasteiger partial charge < -0.3 is 9.67 Å². The van der Waals surface area contributed by atoms with Crippen molar-refractivity contribution in [3.63, 3.8) is 0 Å². The van der Waals surface area contributed by atoms with Gasteiger partial charge in [0.2, 0.25) is 0 Å². The van der Waals surface area contributed by atoms with Gasteiger partial charge in [-0.2, -0.15) is 0 Å². The zero-order chi connectivity index (χ0) is 18.1. The number of aromatic nitrogens is 2. The number of hydrogen-bond donors (Lipinski definition) is 1. The highest BCUT2D eigenvalue weighted by molar-refractivity contribution is 5.86. The Morgan fingerprint density at radius 3 is 2.92 bits per heavy atom. The number of aliphatic hydroxyl groups excluding tert-OH is 1. The summed E-state index contributed by atoms with van der Waals surface area (Å²) in [5.41, 5.74) is 6.24. The molecule has 0 fully saturated rings. The van der Waals surface area contributed by atoms with Crippen LogP contribution in [0, 0.1) is 6.92 Å². The molecule has 0 saturated carbocycles. The molecule has 26 heavy (non-hydrogen) atoms. The molecule has 0 spiro atoms. The summed E-state index contributed by atoms with van der Waals surface area (Å²) in [4.78, 5) is 6.70. The van der Waals surface area contributed by atoms with Gasteiger partial charge in [-0.1, -0.05) is 24.6 Å². The summed E-state index contributed by atoms with van der Waals surface area (Å²) in [6.45, 7) is 8.23. The van der Waals surface area contributed by atoms with E-state index in [9.17, 15) is 5.11 Å². The average Bonchev–Trinajstić information content (AvgIpc) is 2.95. The number of aliphatic hydroxyl groups is 1. The van der Waals surface area contributed by atoms with E-state index in [2.05, 4.69) is 46.5 Å². The Morgan fingerprint density at radius 1 is 1.27 bits per heavy atom. The molecule has 1 aliphatic heterocycles. The van der Waals surface area contributed by atoms with Crippen molar-refractivity contribution in [3.05, 3.63) is 65.1 Å². The van der Waals surface area contributed by atoms with Gasteiger partial charge in [-0.05, 0) is 43.7 Å². The monoisotopic (exact) mass is 349 g/mol. The molecule has 0 bridgehead atoms. The van der Waals surface area contributed by atoms with Crippen LogP contribution in [0.2, 0.25) is 0 Å². The maximum atomic E-state index is 10.8. The fourth-order valence-corrected chi connectivity index (χ4v) is 4.19. The summed E-state index contributed by atoms with van der Waals surface area (Å²) < 4.78 is 2.34. The minimum atomic E-state index is -0.543. The van der Waals surface area contributed by atoms with E-state index in [0.717, 1.165) is 31.6 Å². The van der Waals surface area contributed by atoms with Crippen LogP contribution in [0.3, 0.4) is 0 Å². The van der Waals surface area contributed by atoms with Crippen molar-refractivity contribution in [1.82, 2.24) is 14.5 Å². The number of benzene rings is 1. The standard InChI is InChI=1S/C22H27N3O/c1-3-10-24-11-8-21-19(14-24)18-12-16(2)6-7-20(18)25(21)15-22(26)17-5-4-9-23-13-17/h4-7,9,12-13,22,26H,3,8,10-11,14-15H2,1-2H3. The van der Waals surface area contributed by atoms with Crippen molar-refractivity contribution >= 4 is 10.9 Å². The number of hydrogen-bond acceptors (Lipinski definition) is 3. The SMILES string of the molecule is CCCN1CCc2c(c3cc(C)ccc3n2CC(O)c2cccnc2)C1. The van der Waals surface area contributed by atoms with Gasteiger partial charge in [0.05, 0.1) is 12.6 Å². The highest BCUT2D eigenvalue weighted by Crippen LogP contribution is 2.33. The number of pyridine rings is 1. The highest BCUT2D eigenvalue weighted by Gasteiger charge is 2.24. The third-order valence-electron chi connectivity index (χ3n) is 5.45. The first-order chi connectivity index (χ1) is 12.7. The summed E-state index contributed by atoms with van der Waals surface area (Å²) in [6, 6.07) is 10.5. The summed E-state index contributed by atoms with van der Waals surface area (Å²) in [5.74, 6) is 0. The van der Waals surface area contributed by atoms with E-state index >= 15 is 0 Å². The second kappa shape index (κ2) is 7.22. The van der Waals surface area contributed by atoms with Gasteiger partial charge in [0.1, 0.15) is 0 Å². The molecule has 4 nitrogen and oxygen atoms in total. The van der Waals surface area contributed by atoms with Crippen LogP contribution in [0.4, 0.5) is 0 Å². The van der Waals surface area contributed by atoms with Crippen LogP contribution in [-0.4, -0.2) is 32.6 Å². The third kappa shape index (κ3) is 3.15. The van der Waals surface area contributed by atoms with Gasteiger partial charge in [-0.25, -0.2) is 0 Å². The molecule has 1 aliphatic rings. The summed E-state index contributed by atoms with van der Waals surface area (Å²) >= 11 is 0. The number of rotatable bonds is 5. The molecule has 0 radical (unpaired) electrons. The Balaban J connectivity index is 1.75. The van der Waals surface area contributed by atoms with E-state index < -0.39 is 6.10 Å². The van der Waals surface area contributed by atoms with Crippen LogP contribution in [0.1, 0.15) is 41.8 Å². The summed E-state index contributed by atoms with van der Waals surface area (Å²) in [7, 11) is 0. The number of nitrogens with zero attached hydrogens (tertiary/aromatic N) is 3. The van der Waals surface area contributed by atoms with Crippen LogP contribution >= 0.6 is 0 Å². The highest BCUT2D eigenvalue weighted by atomic mass is 16.3. The molecule has 1 aromatic carbocycles. The predicted octanol–water partition coefficient (Wildman–Crippen LogP) is 3.85. The molecule has 4 heteroatoms. The average molecular weight is 349 g/mol. The van der Waals surface area contributed by atoms with Crippen molar-refractivity contribution in [1.29, 1.82) is 0 Å². The van der Waals surface area contributed by atoms with Crippen LogP contribution < -0.4 is 0 Å². The third-order valence-corrected chi connectivity index (χ3v) is 5.45. The maximum absolute atomic E-state index is 10.8. The molecule has 1 N–H and O–H groups in total. The normalized spacial score (nSPS) is 16.0. The van der Waals surface area contributed by atoms with Crippen molar-refractivity contribution in [2.75, 3.05) is 13.1 Å². The van der Waals surface area contributed by atoms with Crippen LogP contribution in [0.15, 0.2) is 42.7 Å². The number of aryl methyl sites for hydroxylation is 1. The van der Waals surface area contributed by atoms with Gasteiger partial charge in [0.15, 0.2) is 0 Å². The van der Waals surface area contributed by atoms with Crippen molar-refractivity contribution < 1.29 is 5.11 Å². The van der Waals surface area contributed by atoms with Crippen molar-refractivity contribution in [2.24, 2.45) is 0 Å². The molecule has 0 saturated heterocycles. The Hall–Kier alpha value is -2.17. The Morgan fingerprint density at radius 2 is 2.15 bits per heavy atom. The molecule has 0 amide bonds. The molecular formula is C22H27N3O. The first kappa shape index (κ1) is 17.3. The lowest BCUT2D eigenvalue weighted by Crippen LogP contribution is -2.31. The zero-order valence-corrected chi connectivity index (χ0v) is 15.7. The van der Waals surface area contributed by atoms with Crippen LogP contribution in [0.25, 0.3) is 10.9 Å². The lowest BCUT2D eigenvalue weighted by atomic mass is 10.0. The van der Waals surface area contributed by atoms with Gasteiger partial charge in [0.25, 0.3) is 0 Å². The fourth-order valence-electron chi connectivity index (χ4n) is 4.19. The molecule has 3 heterocycles. The Kier molecular flexibility index (Phi) is 4.79. The second-order valence-corrected chi connectivity index (χ2v) is 7.38. The summed E-state index contributed by atoms with van der Waals surface area (Å²) in [5, 5.41) is 12.1. The van der Waals surface area contributed by atoms with Gasteiger partial charge in [0, 0.05) is 54.1 Å². The fraction of sp³-hybridized carbons (Fsp3) is 0.409. The minimum Gasteiger partial charge on any atom is -0.386 e. The molecule has 2 aromatic heterocycles. The smallest absolute Gasteiger partial charge is 0.0983 e. The molecule has 136 valence electrons. The molecule has 0 aliphatic carbocycles. The molecule has 1 atom stereocenters. The van der Waals surface area contributed by atoms with E-state index in [4.69, 9.17) is 0 Å². The van der Waals surface area contributed by atoms with E-state index in [0.29, 0.717) is 6.54 Å². The topological polar surface area (TPSA) is 41.3 Å². The number of fused-ring (bicyclic) bond motifs is 3. The quantitative estimate of drug-likeness (QED) is 0.761. The largest absolute Gasteiger partial charge is 0.386 e. The molecular weight excluding hydrogens is 322 g/mol. The van der Waals surface area contributed by atoms with Gasteiger partial charge in [-0.3, -0.25) is 9.88 Å². The lowest BCUT2D eigenvalue weighted by molar-refractivity contribution is 0.155. The van der Waals surface area contributed by atoms with E-state index in [1.54, 1.807) is 12.4 Å². The van der Waals surface area contributed by atoms with Crippen LogP contribution in [0.5, 0.6) is 0 Å². The Bertz CT molecular complexity index is 901. The van der Waals surface area contributed by atoms with Crippen LogP contribution in [-0.2, 0) is 19.5 Å². The maximum Gasteiger partial charge on any atom is 0.0983 e. The first-order valence-electron chi connectivity index (χ1n) is 9.58. The Labute approximate surface area is 155 Å². The van der Waals surface area contributed by atoms with Crippen molar-refractivity contribution in [3.8, 4) is 0 Å². The first-order valence-corrected chi connectivity index (χ1v) is 9.58. The lowest BCUT2D eigenvalue weighted by Gasteiger charge is -2.28. The summed E-state index contributed by atoms with van der Waals surface area (Å²) in [6.07, 6.45) is 5.19. The molecule has 3 aromatic rings. The van der Waals surface area contributed by atoms with Gasteiger partial charge in [-0.15, -0.1) is 0 Å². The molecule has 4 rings (SSSR count). The molecule has 1 unspecified atom stereocenters. The minimum absolute atomic E-state index is 0.543. The predicted molar refractivity (Wildman–Crippen MR) is 105 cm³/mol. The second-order valence-electron chi connectivity index (χ2n) is 7.38. The van der Waals surface area contributed by atoms with E-state index in [-0.39, 0.29) is 0 Å².